The molecule has 0 saturated heterocycles. The number of carbonyl (C=O) groups is 1. The topological polar surface area (TPSA) is 41.9 Å². The predicted molar refractivity (Wildman–Crippen MR) is 106 cm³/mol. The van der Waals surface area contributed by atoms with E-state index in [9.17, 15) is 4.79 Å². The van der Waals surface area contributed by atoms with Crippen LogP contribution in [0, 0.1) is 5.92 Å². The van der Waals surface area contributed by atoms with Gasteiger partial charge in [0.15, 0.2) is 5.71 Å². The fourth-order valence-corrected chi connectivity index (χ4v) is 3.64. The second-order valence-corrected chi connectivity index (χ2v) is 7.21. The number of halogens is 3. The van der Waals surface area contributed by atoms with Crippen LogP contribution in [-0.4, -0.2) is 18.3 Å². The Hall–Kier alpha value is -1.75. The van der Waals surface area contributed by atoms with E-state index in [1.807, 2.05) is 31.2 Å². The van der Waals surface area contributed by atoms with Crippen molar-refractivity contribution in [3.8, 4) is 0 Å². The summed E-state index contributed by atoms with van der Waals surface area (Å²) in [5, 5.41) is 7.92. The van der Waals surface area contributed by atoms with Crippen molar-refractivity contribution in [2.45, 2.75) is 19.9 Å². The zero-order valence-corrected chi connectivity index (χ0v) is 16.5. The third-order valence-corrected chi connectivity index (χ3v) is 5.03. The van der Waals surface area contributed by atoms with Gasteiger partial charge in [0.2, 0.25) is 0 Å². The molecule has 0 aliphatic carbocycles. The molecule has 0 fully saturated rings. The number of rotatable bonds is 4. The number of ether oxygens (including phenoxy) is 1. The number of nitrogens with zero attached hydrogens (tertiary/aromatic N) is 2. The first-order chi connectivity index (χ1) is 12.4. The molecule has 0 saturated carbocycles. The lowest BCUT2D eigenvalue weighted by atomic mass is 9.91. The Bertz CT molecular complexity index is 852. The number of esters is 1. The molecule has 7 heteroatoms. The summed E-state index contributed by atoms with van der Waals surface area (Å²) in [7, 11) is 0. The Morgan fingerprint density at radius 1 is 1.12 bits per heavy atom. The molecule has 4 nitrogen and oxygen atoms in total. The molecular weight excluding hydrogens is 395 g/mol. The number of hydrogen-bond donors (Lipinski definition) is 0. The van der Waals surface area contributed by atoms with Crippen LogP contribution in [0.25, 0.3) is 0 Å². The van der Waals surface area contributed by atoms with Crippen LogP contribution in [0.4, 0.5) is 5.69 Å². The van der Waals surface area contributed by atoms with Crippen LogP contribution >= 0.6 is 34.8 Å². The van der Waals surface area contributed by atoms with Crippen LogP contribution in [0.1, 0.15) is 25.5 Å². The summed E-state index contributed by atoms with van der Waals surface area (Å²) in [5.41, 5.74) is 2.00. The maximum Gasteiger partial charge on any atom is 0.354 e. The minimum absolute atomic E-state index is 0.193. The minimum Gasteiger partial charge on any atom is -0.461 e. The van der Waals surface area contributed by atoms with Crippen molar-refractivity contribution >= 4 is 52.2 Å². The molecule has 3 rings (SSSR count). The Morgan fingerprint density at radius 2 is 1.77 bits per heavy atom. The first kappa shape index (κ1) is 19.0. The molecule has 1 aliphatic heterocycles. The first-order valence-corrected chi connectivity index (χ1v) is 9.31. The van der Waals surface area contributed by atoms with E-state index in [0.717, 1.165) is 5.56 Å². The molecule has 0 bridgehead atoms. The highest BCUT2D eigenvalue weighted by Gasteiger charge is 2.40. The van der Waals surface area contributed by atoms with Gasteiger partial charge in [-0.3, -0.25) is 5.01 Å². The molecule has 0 radical (unpaired) electrons. The summed E-state index contributed by atoms with van der Waals surface area (Å²) in [6.45, 7) is 4.00. The quantitative estimate of drug-likeness (QED) is 0.600. The maximum atomic E-state index is 12.3. The average Bonchev–Trinajstić information content (AvgIpc) is 2.93. The lowest BCUT2D eigenvalue weighted by Crippen LogP contribution is -2.27. The monoisotopic (exact) mass is 410 g/mol. The lowest BCUT2D eigenvalue weighted by molar-refractivity contribution is -0.135. The molecule has 2 aromatic rings. The van der Waals surface area contributed by atoms with Crippen LogP contribution in [0.3, 0.4) is 0 Å². The van der Waals surface area contributed by atoms with E-state index >= 15 is 0 Å². The van der Waals surface area contributed by atoms with Gasteiger partial charge in [-0.2, -0.15) is 5.10 Å². The van der Waals surface area contributed by atoms with Crippen molar-refractivity contribution in [2.75, 3.05) is 11.6 Å². The van der Waals surface area contributed by atoms with Crippen LogP contribution in [-0.2, 0) is 9.53 Å². The highest BCUT2D eigenvalue weighted by Crippen LogP contribution is 2.42. The van der Waals surface area contributed by atoms with Crippen molar-refractivity contribution in [2.24, 2.45) is 11.0 Å². The molecule has 2 aromatic carbocycles. The highest BCUT2D eigenvalue weighted by molar-refractivity contribution is 6.39. The number of benzene rings is 2. The minimum atomic E-state index is -0.424. The van der Waals surface area contributed by atoms with Crippen LogP contribution in [0.2, 0.25) is 15.1 Å². The van der Waals surface area contributed by atoms with Gasteiger partial charge in [0.25, 0.3) is 0 Å². The fraction of sp³-hybridized carbons (Fsp3) is 0.263. The Balaban J connectivity index is 2.08. The van der Waals surface area contributed by atoms with E-state index in [4.69, 9.17) is 39.5 Å². The summed E-state index contributed by atoms with van der Waals surface area (Å²) >= 11 is 18.4. The Labute approximate surface area is 167 Å². The second-order valence-electron chi connectivity index (χ2n) is 5.93. The van der Waals surface area contributed by atoms with Crippen molar-refractivity contribution < 1.29 is 9.53 Å². The molecule has 0 spiro atoms. The normalized spacial score (nSPS) is 19.4. The van der Waals surface area contributed by atoms with Crippen molar-refractivity contribution in [3.63, 3.8) is 0 Å². The van der Waals surface area contributed by atoms with E-state index < -0.39 is 5.97 Å². The second kappa shape index (κ2) is 7.87. The zero-order valence-electron chi connectivity index (χ0n) is 14.2. The van der Waals surface area contributed by atoms with E-state index in [2.05, 4.69) is 5.10 Å². The fourth-order valence-electron chi connectivity index (χ4n) is 3.02. The molecule has 136 valence electrons. The number of hydrogen-bond acceptors (Lipinski definition) is 4. The third kappa shape index (κ3) is 3.68. The number of anilines is 1. The third-order valence-electron chi connectivity index (χ3n) is 4.24. The summed E-state index contributed by atoms with van der Waals surface area (Å²) in [6, 6.07) is 12.4. The van der Waals surface area contributed by atoms with Gasteiger partial charge in [-0.15, -0.1) is 0 Å². The SMILES string of the molecule is CCOC(=O)C1=NN(c2ccc(Cl)cc2Cl)[C@H](c2ccc(Cl)cc2)[C@@H]1C. The largest absolute Gasteiger partial charge is 0.461 e. The first-order valence-electron chi connectivity index (χ1n) is 8.17. The summed E-state index contributed by atoms with van der Waals surface area (Å²) in [4.78, 5) is 12.3. The van der Waals surface area contributed by atoms with Crippen molar-refractivity contribution in [1.29, 1.82) is 0 Å². The molecular formula is C19H17Cl3N2O2. The molecule has 26 heavy (non-hydrogen) atoms. The van der Waals surface area contributed by atoms with E-state index in [1.54, 1.807) is 30.1 Å². The smallest absolute Gasteiger partial charge is 0.354 e. The van der Waals surface area contributed by atoms with Gasteiger partial charge >= 0.3 is 5.97 Å². The number of hydrazone groups is 1. The molecule has 1 heterocycles. The molecule has 0 N–H and O–H groups in total. The van der Waals surface area contributed by atoms with Gasteiger partial charge in [0.1, 0.15) is 0 Å². The highest BCUT2D eigenvalue weighted by atomic mass is 35.5. The Morgan fingerprint density at radius 3 is 2.38 bits per heavy atom. The average molecular weight is 412 g/mol. The summed E-state index contributed by atoms with van der Waals surface area (Å²) in [6.07, 6.45) is 0. The lowest BCUT2D eigenvalue weighted by Gasteiger charge is -2.27. The van der Waals surface area contributed by atoms with Gasteiger partial charge in [-0.05, 0) is 42.8 Å². The van der Waals surface area contributed by atoms with Gasteiger partial charge < -0.3 is 4.74 Å². The molecule has 1 aliphatic rings. The molecule has 0 unspecified atom stereocenters. The molecule has 0 amide bonds. The van der Waals surface area contributed by atoms with Gasteiger partial charge in [-0.1, -0.05) is 53.9 Å². The van der Waals surface area contributed by atoms with Gasteiger partial charge in [0.05, 0.1) is 23.4 Å². The molecule has 2 atom stereocenters. The number of carbonyl (C=O) groups excluding carboxylic acids is 1. The zero-order chi connectivity index (χ0) is 18.8. The molecule has 0 aromatic heterocycles. The summed E-state index contributed by atoms with van der Waals surface area (Å²) < 4.78 is 5.16. The van der Waals surface area contributed by atoms with Crippen LogP contribution in [0.15, 0.2) is 47.6 Å². The summed E-state index contributed by atoms with van der Waals surface area (Å²) in [5.74, 6) is -0.617. The Kier molecular flexibility index (Phi) is 5.76. The van der Waals surface area contributed by atoms with E-state index in [1.165, 1.54) is 0 Å². The van der Waals surface area contributed by atoms with E-state index in [0.29, 0.717) is 26.5 Å². The van der Waals surface area contributed by atoms with Crippen molar-refractivity contribution in [3.05, 3.63) is 63.1 Å². The van der Waals surface area contributed by atoms with Crippen molar-refractivity contribution in [1.82, 2.24) is 0 Å². The van der Waals surface area contributed by atoms with Gasteiger partial charge in [-0.25, -0.2) is 4.79 Å². The maximum absolute atomic E-state index is 12.3. The van der Waals surface area contributed by atoms with E-state index in [-0.39, 0.29) is 18.6 Å². The standard InChI is InChI=1S/C19H17Cl3N2O2/c1-3-26-19(25)17-11(2)18(12-4-6-13(20)7-5-12)24(23-17)16-9-8-14(21)10-15(16)22/h4-11,18H,3H2,1-2H3/t11-,18+/m1/s1. The predicted octanol–water partition coefficient (Wildman–Crippen LogP) is 5.76. The van der Waals surface area contributed by atoms with Crippen LogP contribution in [0.5, 0.6) is 0 Å². The van der Waals surface area contributed by atoms with Crippen LogP contribution < -0.4 is 5.01 Å². The van der Waals surface area contributed by atoms with Gasteiger partial charge in [0, 0.05) is 16.0 Å².